The number of ether oxygens (including phenoxy) is 1. The first-order chi connectivity index (χ1) is 10.5. The lowest BCUT2D eigenvalue weighted by molar-refractivity contribution is -0.117. The molecule has 1 aromatic rings. The van der Waals surface area contributed by atoms with Gasteiger partial charge in [-0.05, 0) is 44.2 Å². The summed E-state index contributed by atoms with van der Waals surface area (Å²) in [5.74, 6) is -0.506. The van der Waals surface area contributed by atoms with E-state index >= 15 is 0 Å². The van der Waals surface area contributed by atoms with E-state index in [1.165, 1.54) is 11.3 Å². The van der Waals surface area contributed by atoms with E-state index in [9.17, 15) is 9.59 Å². The van der Waals surface area contributed by atoms with Crippen LogP contribution in [0.5, 0.6) is 0 Å². The lowest BCUT2D eigenvalue weighted by atomic mass is 10.2. The fourth-order valence-electron chi connectivity index (χ4n) is 1.81. The quantitative estimate of drug-likeness (QED) is 0.539. The zero-order chi connectivity index (χ0) is 16.5. The minimum atomic E-state index is -0.365. The Hall–Kier alpha value is -1.40. The number of unbranched alkanes of at least 4 members (excludes halogenated alkanes) is 1. The zero-order valence-corrected chi connectivity index (χ0v) is 14.6. The first-order valence-electron chi connectivity index (χ1n) is 7.80. The molecule has 1 unspecified atom stereocenters. The van der Waals surface area contributed by atoms with Gasteiger partial charge in [0.2, 0.25) is 5.91 Å². The van der Waals surface area contributed by atoms with Crippen molar-refractivity contribution >= 4 is 28.9 Å². The number of carbonyl (C=O) groups is 2. The van der Waals surface area contributed by atoms with E-state index in [0.29, 0.717) is 17.2 Å². The van der Waals surface area contributed by atoms with Gasteiger partial charge in [0.25, 0.3) is 0 Å². The average Bonchev–Trinajstić information content (AvgIpc) is 2.86. The molecule has 1 aromatic heterocycles. The van der Waals surface area contributed by atoms with Crippen molar-refractivity contribution < 1.29 is 14.3 Å². The second-order valence-electron chi connectivity index (χ2n) is 5.28. The molecule has 0 aromatic carbocycles. The number of nitrogens with one attached hydrogen (secondary N) is 2. The van der Waals surface area contributed by atoms with Crippen LogP contribution >= 0.6 is 11.3 Å². The predicted octanol–water partition coefficient (Wildman–Crippen LogP) is 3.34. The normalized spacial score (nSPS) is 12.0. The Balaban J connectivity index is 2.72. The van der Waals surface area contributed by atoms with E-state index in [4.69, 9.17) is 4.74 Å². The first kappa shape index (κ1) is 18.6. The highest BCUT2D eigenvalue weighted by Gasteiger charge is 2.21. The van der Waals surface area contributed by atoms with Gasteiger partial charge < -0.3 is 15.4 Å². The Morgan fingerprint density at radius 3 is 2.68 bits per heavy atom. The summed E-state index contributed by atoms with van der Waals surface area (Å²) in [4.78, 5) is 24.7. The largest absolute Gasteiger partial charge is 0.461 e. The van der Waals surface area contributed by atoms with Crippen LogP contribution in [-0.2, 0) is 9.53 Å². The number of hydrogen-bond acceptors (Lipinski definition) is 5. The van der Waals surface area contributed by atoms with Gasteiger partial charge in [0.1, 0.15) is 4.88 Å². The highest BCUT2D eigenvalue weighted by Crippen LogP contribution is 2.28. The summed E-state index contributed by atoms with van der Waals surface area (Å²) in [6, 6.07) is -0.303. The van der Waals surface area contributed by atoms with Gasteiger partial charge in [-0.25, -0.2) is 4.79 Å². The zero-order valence-electron chi connectivity index (χ0n) is 13.8. The third-order valence-corrected chi connectivity index (χ3v) is 4.31. The predicted molar refractivity (Wildman–Crippen MR) is 90.6 cm³/mol. The van der Waals surface area contributed by atoms with Crippen LogP contribution in [0.2, 0.25) is 0 Å². The molecule has 5 nitrogen and oxygen atoms in total. The Kier molecular flexibility index (Phi) is 8.12. The molecule has 124 valence electrons. The molecule has 0 fully saturated rings. The van der Waals surface area contributed by atoms with Crippen LogP contribution in [0.15, 0.2) is 5.38 Å². The number of thiophene rings is 1. The third-order valence-electron chi connectivity index (χ3n) is 3.23. The van der Waals surface area contributed by atoms with Crippen LogP contribution in [-0.4, -0.2) is 31.1 Å². The van der Waals surface area contributed by atoms with Crippen molar-refractivity contribution in [1.29, 1.82) is 0 Å². The van der Waals surface area contributed by atoms with Gasteiger partial charge in [-0.1, -0.05) is 20.3 Å². The molecule has 1 atom stereocenters. The summed E-state index contributed by atoms with van der Waals surface area (Å²) in [6.07, 6.45) is 2.78. The molecule has 0 aliphatic carbocycles. The molecule has 1 amide bonds. The SMILES string of the molecule is CCCCOC(=O)c1scc(C)c1NC(=O)C(C)NCCC. The molecule has 0 bridgehead atoms. The van der Waals surface area contributed by atoms with Gasteiger partial charge in [0.05, 0.1) is 18.3 Å². The summed E-state index contributed by atoms with van der Waals surface area (Å²) in [5, 5.41) is 7.83. The molecule has 0 aliphatic rings. The Morgan fingerprint density at radius 1 is 1.32 bits per heavy atom. The van der Waals surface area contributed by atoms with Crippen LogP contribution in [0.4, 0.5) is 5.69 Å². The standard InChI is InChI=1S/C16H26N2O3S/c1-5-7-9-21-16(20)14-13(11(3)10-22-14)18-15(19)12(4)17-8-6-2/h10,12,17H,5-9H2,1-4H3,(H,18,19). The van der Waals surface area contributed by atoms with Crippen molar-refractivity contribution in [2.24, 2.45) is 0 Å². The van der Waals surface area contributed by atoms with Crippen molar-refractivity contribution in [2.45, 2.75) is 53.0 Å². The fraction of sp³-hybridized carbons (Fsp3) is 0.625. The summed E-state index contributed by atoms with van der Waals surface area (Å²) in [5.41, 5.74) is 1.45. The molecule has 0 saturated carbocycles. The van der Waals surface area contributed by atoms with Crippen molar-refractivity contribution in [3.8, 4) is 0 Å². The lowest BCUT2D eigenvalue weighted by Gasteiger charge is -2.14. The maximum absolute atomic E-state index is 12.2. The number of anilines is 1. The summed E-state index contributed by atoms with van der Waals surface area (Å²) in [6.45, 7) is 8.97. The molecule has 0 aliphatic heterocycles. The lowest BCUT2D eigenvalue weighted by Crippen LogP contribution is -2.38. The molecular formula is C16H26N2O3S. The monoisotopic (exact) mass is 326 g/mol. The molecule has 2 N–H and O–H groups in total. The number of aryl methyl sites for hydroxylation is 1. The Labute approximate surface area is 136 Å². The van der Waals surface area contributed by atoms with Gasteiger partial charge in [0, 0.05) is 0 Å². The molecule has 22 heavy (non-hydrogen) atoms. The van der Waals surface area contributed by atoms with Gasteiger partial charge in [-0.3, -0.25) is 4.79 Å². The van der Waals surface area contributed by atoms with Crippen LogP contribution in [0.3, 0.4) is 0 Å². The third kappa shape index (κ3) is 5.42. The number of amides is 1. The number of hydrogen-bond donors (Lipinski definition) is 2. The van der Waals surface area contributed by atoms with E-state index in [1.54, 1.807) is 0 Å². The van der Waals surface area contributed by atoms with Gasteiger partial charge >= 0.3 is 5.97 Å². The van der Waals surface area contributed by atoms with Crippen LogP contribution in [0.1, 0.15) is 55.3 Å². The minimum absolute atomic E-state index is 0.141. The molecular weight excluding hydrogens is 300 g/mol. The van der Waals surface area contributed by atoms with Gasteiger partial charge in [-0.15, -0.1) is 11.3 Å². The number of rotatable bonds is 9. The number of carbonyl (C=O) groups excluding carboxylic acids is 2. The molecule has 0 saturated heterocycles. The second kappa shape index (κ2) is 9.58. The Bertz CT molecular complexity index is 500. The highest BCUT2D eigenvalue weighted by molar-refractivity contribution is 7.12. The van der Waals surface area contributed by atoms with E-state index < -0.39 is 0 Å². The summed E-state index contributed by atoms with van der Waals surface area (Å²) >= 11 is 1.30. The van der Waals surface area contributed by atoms with E-state index in [1.807, 2.05) is 33.1 Å². The van der Waals surface area contributed by atoms with Crippen LogP contribution < -0.4 is 10.6 Å². The van der Waals surface area contributed by atoms with Gasteiger partial charge in [-0.2, -0.15) is 0 Å². The molecule has 1 rings (SSSR count). The maximum atomic E-state index is 12.2. The smallest absolute Gasteiger partial charge is 0.350 e. The second-order valence-corrected chi connectivity index (χ2v) is 6.16. The van der Waals surface area contributed by atoms with Crippen molar-refractivity contribution in [2.75, 3.05) is 18.5 Å². The van der Waals surface area contributed by atoms with Crippen LogP contribution in [0.25, 0.3) is 0 Å². The van der Waals surface area contributed by atoms with E-state index in [2.05, 4.69) is 10.6 Å². The van der Waals surface area contributed by atoms with E-state index in [0.717, 1.165) is 31.4 Å². The van der Waals surface area contributed by atoms with Gasteiger partial charge in [0.15, 0.2) is 0 Å². The minimum Gasteiger partial charge on any atom is -0.461 e. The van der Waals surface area contributed by atoms with Crippen molar-refractivity contribution in [3.05, 3.63) is 15.8 Å². The summed E-state index contributed by atoms with van der Waals surface area (Å²) in [7, 11) is 0. The maximum Gasteiger partial charge on any atom is 0.350 e. The molecule has 1 heterocycles. The van der Waals surface area contributed by atoms with Crippen molar-refractivity contribution in [1.82, 2.24) is 5.32 Å². The molecule has 6 heteroatoms. The highest BCUT2D eigenvalue weighted by atomic mass is 32.1. The van der Waals surface area contributed by atoms with Crippen molar-refractivity contribution in [3.63, 3.8) is 0 Å². The topological polar surface area (TPSA) is 67.4 Å². The Morgan fingerprint density at radius 2 is 2.05 bits per heavy atom. The number of esters is 1. The van der Waals surface area contributed by atoms with Crippen LogP contribution in [0, 0.1) is 6.92 Å². The molecule has 0 radical (unpaired) electrons. The summed E-state index contributed by atoms with van der Waals surface area (Å²) < 4.78 is 5.23. The van der Waals surface area contributed by atoms with E-state index in [-0.39, 0.29) is 17.9 Å². The first-order valence-corrected chi connectivity index (χ1v) is 8.68. The average molecular weight is 326 g/mol. The fourth-order valence-corrected chi connectivity index (χ4v) is 2.71. The molecule has 0 spiro atoms.